The number of carbonyl (C=O) groups is 4. The Bertz CT molecular complexity index is 1640. The van der Waals surface area contributed by atoms with E-state index < -0.39 is 97.5 Å². The number of aliphatic hydroxyl groups is 1. The van der Waals surface area contributed by atoms with Gasteiger partial charge in [-0.05, 0) is 25.7 Å². The highest BCUT2D eigenvalue weighted by atomic mass is 31.2. The predicted molar refractivity (Wildman–Crippen MR) is 340 cm³/mol. The Kier molecular flexibility index (Phi) is 59.6. The monoisotopic (exact) mass is 1250 g/mol. The number of ether oxygens (including phenoxy) is 4. The first kappa shape index (κ1) is 83.1. The first-order valence-electron chi connectivity index (χ1n) is 34.8. The van der Waals surface area contributed by atoms with Crippen LogP contribution in [0.25, 0.3) is 0 Å². The standard InChI is InChI=1S/C66H128O17P2/c1-5-9-13-17-20-23-25-27-28-29-30-31-32-33-35-38-41-45-49-53-66(71)83-62(57-77-64(69)51-47-43-39-37-34-26-24-21-18-14-10-6-2)59-81-85(74,75)79-55-60(67)54-78-84(72,73)80-58-61(56-76-63(68)50-46-42-16-12-8-4)82-65(70)52-48-44-40-36-22-19-15-11-7-3/h60-62,67H,5-59H2,1-4H3,(H,72,73)(H,74,75)/t60-,61+,62+/m0/s1. The molecule has 0 spiro atoms. The normalized spacial score (nSPS) is 14.1. The molecule has 0 aromatic rings. The third-order valence-electron chi connectivity index (χ3n) is 15.4. The van der Waals surface area contributed by atoms with Gasteiger partial charge in [-0.1, -0.05) is 291 Å². The highest BCUT2D eigenvalue weighted by Crippen LogP contribution is 2.45. The third kappa shape index (κ3) is 60.7. The number of phosphoric acid groups is 2. The fourth-order valence-corrected chi connectivity index (χ4v) is 11.6. The van der Waals surface area contributed by atoms with Gasteiger partial charge in [0, 0.05) is 25.7 Å². The van der Waals surface area contributed by atoms with E-state index in [4.69, 9.17) is 37.0 Å². The molecule has 0 fully saturated rings. The van der Waals surface area contributed by atoms with Crippen molar-refractivity contribution in [2.75, 3.05) is 39.6 Å². The van der Waals surface area contributed by atoms with E-state index in [2.05, 4.69) is 27.7 Å². The zero-order chi connectivity index (χ0) is 62.6. The smallest absolute Gasteiger partial charge is 0.462 e. The summed E-state index contributed by atoms with van der Waals surface area (Å²) in [6.45, 7) is 4.81. The largest absolute Gasteiger partial charge is 0.472 e. The molecule has 0 amide bonds. The minimum atomic E-state index is -4.94. The summed E-state index contributed by atoms with van der Waals surface area (Å²) in [5.41, 5.74) is 0. The van der Waals surface area contributed by atoms with Gasteiger partial charge in [0.1, 0.15) is 19.3 Å². The van der Waals surface area contributed by atoms with Crippen molar-refractivity contribution in [2.45, 2.75) is 361 Å². The zero-order valence-electron chi connectivity index (χ0n) is 54.6. The highest BCUT2D eigenvalue weighted by Gasteiger charge is 2.30. The lowest BCUT2D eigenvalue weighted by molar-refractivity contribution is -0.161. The number of phosphoric ester groups is 2. The molecule has 19 heteroatoms. The summed E-state index contributed by atoms with van der Waals surface area (Å²) >= 11 is 0. The van der Waals surface area contributed by atoms with Crippen LogP contribution in [-0.2, 0) is 65.4 Å². The summed E-state index contributed by atoms with van der Waals surface area (Å²) in [6.07, 6.45) is 47.6. The second-order valence-electron chi connectivity index (χ2n) is 23.9. The van der Waals surface area contributed by atoms with Gasteiger partial charge in [0.05, 0.1) is 26.4 Å². The maximum Gasteiger partial charge on any atom is 0.472 e. The van der Waals surface area contributed by atoms with Crippen LogP contribution in [0.2, 0.25) is 0 Å². The van der Waals surface area contributed by atoms with E-state index >= 15 is 0 Å². The average Bonchev–Trinajstić information content (AvgIpc) is 3.51. The zero-order valence-corrected chi connectivity index (χ0v) is 56.4. The summed E-state index contributed by atoms with van der Waals surface area (Å²) in [5.74, 6) is -2.14. The topological polar surface area (TPSA) is 237 Å². The van der Waals surface area contributed by atoms with Crippen LogP contribution in [0.1, 0.15) is 342 Å². The molecular formula is C66H128O17P2. The van der Waals surface area contributed by atoms with Crippen LogP contribution in [0.15, 0.2) is 0 Å². The van der Waals surface area contributed by atoms with Crippen LogP contribution in [0.4, 0.5) is 0 Å². The Labute approximate surface area is 517 Å². The van der Waals surface area contributed by atoms with E-state index in [-0.39, 0.29) is 25.7 Å². The molecule has 5 atom stereocenters. The van der Waals surface area contributed by atoms with Gasteiger partial charge < -0.3 is 33.8 Å². The van der Waals surface area contributed by atoms with E-state index in [1.54, 1.807) is 0 Å². The van der Waals surface area contributed by atoms with Gasteiger partial charge >= 0.3 is 39.5 Å². The summed E-state index contributed by atoms with van der Waals surface area (Å²) < 4.78 is 67.8. The minimum Gasteiger partial charge on any atom is -0.462 e. The van der Waals surface area contributed by atoms with Crippen molar-refractivity contribution in [3.05, 3.63) is 0 Å². The molecule has 0 heterocycles. The van der Waals surface area contributed by atoms with Crippen molar-refractivity contribution < 1.29 is 80.2 Å². The van der Waals surface area contributed by atoms with Crippen LogP contribution < -0.4 is 0 Å². The number of hydrogen-bond donors (Lipinski definition) is 3. The quantitative estimate of drug-likeness (QED) is 0.0222. The molecule has 17 nitrogen and oxygen atoms in total. The highest BCUT2D eigenvalue weighted by molar-refractivity contribution is 7.47. The number of hydrogen-bond acceptors (Lipinski definition) is 15. The Morgan fingerprint density at radius 2 is 0.471 bits per heavy atom. The van der Waals surface area contributed by atoms with Crippen LogP contribution >= 0.6 is 15.6 Å². The van der Waals surface area contributed by atoms with Gasteiger partial charge in [0.2, 0.25) is 0 Å². The van der Waals surface area contributed by atoms with Crippen LogP contribution in [-0.4, -0.2) is 96.7 Å². The molecule has 0 saturated carbocycles. The van der Waals surface area contributed by atoms with Gasteiger partial charge in [-0.3, -0.25) is 37.3 Å². The summed E-state index contributed by atoms with van der Waals surface area (Å²) in [5, 5.41) is 10.5. The van der Waals surface area contributed by atoms with Gasteiger partial charge in [-0.15, -0.1) is 0 Å². The lowest BCUT2D eigenvalue weighted by atomic mass is 10.0. The minimum absolute atomic E-state index is 0.105. The number of rotatable bonds is 67. The Hall–Kier alpha value is -1.94. The third-order valence-corrected chi connectivity index (χ3v) is 17.3. The number of unbranched alkanes of at least 4 members (excludes halogenated alkanes) is 41. The first-order chi connectivity index (χ1) is 41.2. The van der Waals surface area contributed by atoms with Gasteiger partial charge in [-0.25, -0.2) is 9.13 Å². The molecule has 0 aliphatic rings. The molecule has 0 bridgehead atoms. The maximum absolute atomic E-state index is 13.0. The van der Waals surface area contributed by atoms with Crippen molar-refractivity contribution in [3.63, 3.8) is 0 Å². The SMILES string of the molecule is CCCCCCCCCCCCCCCCCCCCCC(=O)O[C@H](COC(=O)CCCCCCCCCCCCCC)COP(=O)(O)OC[C@@H](O)COP(=O)(O)OC[C@@H](COC(=O)CCCCCCC)OC(=O)CCCCCCCCCCC. The molecule has 3 N–H and O–H groups in total. The molecule has 0 aliphatic carbocycles. The second kappa shape index (κ2) is 60.9. The predicted octanol–water partition coefficient (Wildman–Crippen LogP) is 18.7. The number of aliphatic hydroxyl groups excluding tert-OH is 1. The van der Waals surface area contributed by atoms with E-state index in [0.717, 1.165) is 96.3 Å². The van der Waals surface area contributed by atoms with Crippen molar-refractivity contribution >= 4 is 39.5 Å². The number of esters is 4. The molecule has 0 radical (unpaired) electrons. The molecule has 504 valence electrons. The van der Waals surface area contributed by atoms with Crippen LogP contribution in [0.3, 0.4) is 0 Å². The van der Waals surface area contributed by atoms with Crippen molar-refractivity contribution in [3.8, 4) is 0 Å². The van der Waals surface area contributed by atoms with Crippen molar-refractivity contribution in [1.82, 2.24) is 0 Å². The summed E-state index contributed by atoms with van der Waals surface area (Å²) in [4.78, 5) is 72.0. The van der Waals surface area contributed by atoms with E-state index in [0.29, 0.717) is 25.7 Å². The van der Waals surface area contributed by atoms with E-state index in [1.807, 2.05) is 0 Å². The first-order valence-corrected chi connectivity index (χ1v) is 37.8. The van der Waals surface area contributed by atoms with Gasteiger partial charge in [-0.2, -0.15) is 0 Å². The van der Waals surface area contributed by atoms with Crippen LogP contribution in [0.5, 0.6) is 0 Å². The van der Waals surface area contributed by atoms with Crippen molar-refractivity contribution in [2.24, 2.45) is 0 Å². The lowest BCUT2D eigenvalue weighted by Crippen LogP contribution is -2.30. The summed E-state index contributed by atoms with van der Waals surface area (Å²) in [7, 11) is -9.88. The molecule has 0 rings (SSSR count). The molecule has 2 unspecified atom stereocenters. The lowest BCUT2D eigenvalue weighted by Gasteiger charge is -2.21. The van der Waals surface area contributed by atoms with Crippen LogP contribution in [0, 0.1) is 0 Å². The maximum atomic E-state index is 13.0. The molecule has 0 aromatic carbocycles. The average molecular weight is 1260 g/mol. The van der Waals surface area contributed by atoms with E-state index in [1.165, 1.54) is 167 Å². The van der Waals surface area contributed by atoms with E-state index in [9.17, 15) is 43.2 Å². The Morgan fingerprint density at radius 1 is 0.282 bits per heavy atom. The fourth-order valence-electron chi connectivity index (χ4n) is 9.99. The molecule has 0 saturated heterocycles. The molecule has 85 heavy (non-hydrogen) atoms. The molecular weight excluding hydrogens is 1130 g/mol. The second-order valence-corrected chi connectivity index (χ2v) is 26.8. The molecule has 0 aromatic heterocycles. The number of carbonyl (C=O) groups excluding carboxylic acids is 4. The Balaban J connectivity index is 5.12. The van der Waals surface area contributed by atoms with Crippen molar-refractivity contribution in [1.29, 1.82) is 0 Å². The van der Waals surface area contributed by atoms with Gasteiger partial charge in [0.15, 0.2) is 12.2 Å². The molecule has 0 aliphatic heterocycles. The fraction of sp³-hybridized carbons (Fsp3) is 0.939. The Morgan fingerprint density at radius 3 is 0.694 bits per heavy atom. The van der Waals surface area contributed by atoms with Gasteiger partial charge in [0.25, 0.3) is 0 Å². The summed E-state index contributed by atoms with van der Waals surface area (Å²) in [6, 6.07) is 0.